The number of benzene rings is 1. The molecule has 1 aromatic carbocycles. The van der Waals surface area contributed by atoms with Gasteiger partial charge < -0.3 is 5.73 Å². The zero-order valence-corrected chi connectivity index (χ0v) is 11.9. The molecule has 0 spiro atoms. The van der Waals surface area contributed by atoms with Crippen LogP contribution in [0, 0.1) is 0 Å². The SMILES string of the molecule is Nc1ccccc1CCc1nc(C(F)(F)C(F)(F)F)n(C(F)F)n1. The molecule has 4 nitrogen and oxygen atoms in total. The summed E-state index contributed by atoms with van der Waals surface area (Å²) < 4.78 is 88.5. The fraction of sp³-hybridized carbons (Fsp3) is 0.385. The first-order chi connectivity index (χ1) is 11.0. The van der Waals surface area contributed by atoms with Gasteiger partial charge in [-0.05, 0) is 18.1 Å². The van der Waals surface area contributed by atoms with E-state index in [4.69, 9.17) is 5.73 Å². The molecule has 24 heavy (non-hydrogen) atoms. The van der Waals surface area contributed by atoms with Gasteiger partial charge in [-0.15, -0.1) is 0 Å². The van der Waals surface area contributed by atoms with E-state index in [-0.39, 0.29) is 12.8 Å². The number of nitrogens with zero attached hydrogens (tertiary/aromatic N) is 3. The van der Waals surface area contributed by atoms with Crippen molar-refractivity contribution >= 4 is 5.69 Å². The predicted molar refractivity (Wildman–Crippen MR) is 69.5 cm³/mol. The summed E-state index contributed by atoms with van der Waals surface area (Å²) in [5, 5.41) is 3.07. The van der Waals surface area contributed by atoms with Crippen molar-refractivity contribution in [1.82, 2.24) is 14.8 Å². The van der Waals surface area contributed by atoms with Crippen LogP contribution in [-0.4, -0.2) is 20.9 Å². The van der Waals surface area contributed by atoms with Crippen LogP contribution in [0.2, 0.25) is 0 Å². The highest BCUT2D eigenvalue weighted by Gasteiger charge is 2.62. The summed E-state index contributed by atoms with van der Waals surface area (Å²) in [7, 11) is 0. The monoisotopic (exact) mass is 356 g/mol. The number of hydrogen-bond donors (Lipinski definition) is 1. The van der Waals surface area contributed by atoms with E-state index in [1.165, 1.54) is 0 Å². The van der Waals surface area contributed by atoms with Crippen molar-refractivity contribution in [2.45, 2.75) is 31.5 Å². The van der Waals surface area contributed by atoms with Crippen LogP contribution in [0.15, 0.2) is 24.3 Å². The molecule has 0 saturated heterocycles. The average Bonchev–Trinajstić information content (AvgIpc) is 2.90. The second kappa shape index (κ2) is 6.29. The van der Waals surface area contributed by atoms with Gasteiger partial charge in [0, 0.05) is 12.1 Å². The molecule has 0 atom stereocenters. The second-order valence-electron chi connectivity index (χ2n) is 4.84. The lowest BCUT2D eigenvalue weighted by molar-refractivity contribution is -0.294. The van der Waals surface area contributed by atoms with Crippen molar-refractivity contribution in [2.75, 3.05) is 5.73 Å². The summed E-state index contributed by atoms with van der Waals surface area (Å²) in [6, 6.07) is 6.44. The molecular formula is C13H11F7N4. The van der Waals surface area contributed by atoms with Gasteiger partial charge in [0.2, 0.25) is 5.82 Å². The highest BCUT2D eigenvalue weighted by molar-refractivity contribution is 5.46. The number of anilines is 1. The Hall–Kier alpha value is -2.33. The van der Waals surface area contributed by atoms with Crippen molar-refractivity contribution in [3.63, 3.8) is 0 Å². The summed E-state index contributed by atoms with van der Waals surface area (Å²) in [6.45, 7) is -3.68. The molecular weight excluding hydrogens is 345 g/mol. The molecule has 0 fully saturated rings. The molecule has 0 radical (unpaired) electrons. The summed E-state index contributed by atoms with van der Waals surface area (Å²) in [5.41, 5.74) is 6.59. The quantitative estimate of drug-likeness (QED) is 0.657. The van der Waals surface area contributed by atoms with E-state index in [1.54, 1.807) is 24.3 Å². The molecule has 11 heteroatoms. The van der Waals surface area contributed by atoms with Gasteiger partial charge in [-0.25, -0.2) is 4.98 Å². The zero-order chi connectivity index (χ0) is 18.1. The topological polar surface area (TPSA) is 56.7 Å². The number of nitrogen functional groups attached to an aromatic ring is 1. The molecule has 0 aliphatic heterocycles. The number of rotatable bonds is 5. The van der Waals surface area contributed by atoms with E-state index in [9.17, 15) is 30.7 Å². The van der Waals surface area contributed by atoms with E-state index >= 15 is 0 Å². The molecule has 0 amide bonds. The van der Waals surface area contributed by atoms with Crippen LogP contribution in [0.4, 0.5) is 36.4 Å². The van der Waals surface area contributed by atoms with Gasteiger partial charge in [-0.1, -0.05) is 18.2 Å². The zero-order valence-electron chi connectivity index (χ0n) is 11.9. The number of alkyl halides is 7. The molecule has 0 saturated carbocycles. The van der Waals surface area contributed by atoms with Crippen molar-refractivity contribution in [1.29, 1.82) is 0 Å². The summed E-state index contributed by atoms with van der Waals surface area (Å²) in [5.74, 6) is -8.24. The van der Waals surface area contributed by atoms with E-state index in [0.29, 0.717) is 11.3 Å². The maximum absolute atomic E-state index is 13.3. The third kappa shape index (κ3) is 3.44. The molecule has 0 bridgehead atoms. The summed E-state index contributed by atoms with van der Waals surface area (Å²) >= 11 is 0. The lowest BCUT2D eigenvalue weighted by Crippen LogP contribution is -2.36. The van der Waals surface area contributed by atoms with Crippen LogP contribution in [-0.2, 0) is 18.8 Å². The van der Waals surface area contributed by atoms with Gasteiger partial charge in [0.15, 0.2) is 5.82 Å². The molecule has 0 aliphatic carbocycles. The third-order valence-corrected chi connectivity index (χ3v) is 3.17. The van der Waals surface area contributed by atoms with Gasteiger partial charge >= 0.3 is 18.6 Å². The highest BCUT2D eigenvalue weighted by atomic mass is 19.4. The van der Waals surface area contributed by atoms with Crippen LogP contribution in [0.3, 0.4) is 0 Å². The van der Waals surface area contributed by atoms with Crippen molar-refractivity contribution < 1.29 is 30.7 Å². The van der Waals surface area contributed by atoms with E-state index < -0.39 is 35.0 Å². The molecule has 1 aromatic heterocycles. The Morgan fingerprint density at radius 1 is 1.04 bits per heavy atom. The minimum Gasteiger partial charge on any atom is -0.399 e. The first-order valence-electron chi connectivity index (χ1n) is 6.56. The van der Waals surface area contributed by atoms with Crippen molar-refractivity contribution in [3.8, 4) is 0 Å². The predicted octanol–water partition coefficient (Wildman–Crippen LogP) is 3.69. The number of halogens is 7. The second-order valence-corrected chi connectivity index (χ2v) is 4.84. The Morgan fingerprint density at radius 3 is 2.21 bits per heavy atom. The van der Waals surface area contributed by atoms with E-state index in [0.717, 1.165) is 0 Å². The highest BCUT2D eigenvalue weighted by Crippen LogP contribution is 2.43. The first kappa shape index (κ1) is 18.0. The van der Waals surface area contributed by atoms with Gasteiger partial charge in [-0.2, -0.15) is 40.5 Å². The minimum absolute atomic E-state index is 0.0942. The molecule has 2 rings (SSSR count). The lowest BCUT2D eigenvalue weighted by atomic mass is 10.1. The summed E-state index contributed by atoms with van der Waals surface area (Å²) in [6.07, 6.45) is -6.19. The Bertz CT molecular complexity index is 709. The van der Waals surface area contributed by atoms with Crippen LogP contribution in [0.5, 0.6) is 0 Å². The van der Waals surface area contributed by atoms with E-state index in [1.807, 2.05) is 0 Å². The van der Waals surface area contributed by atoms with Crippen molar-refractivity contribution in [2.24, 2.45) is 0 Å². The average molecular weight is 356 g/mol. The van der Waals surface area contributed by atoms with Crippen LogP contribution in [0.1, 0.15) is 23.8 Å². The lowest BCUT2D eigenvalue weighted by Gasteiger charge is -2.18. The van der Waals surface area contributed by atoms with Gasteiger partial charge in [0.1, 0.15) is 0 Å². The van der Waals surface area contributed by atoms with Gasteiger partial charge in [0.25, 0.3) is 0 Å². The van der Waals surface area contributed by atoms with Crippen LogP contribution < -0.4 is 5.73 Å². The molecule has 0 aliphatic rings. The maximum Gasteiger partial charge on any atom is 0.461 e. The van der Waals surface area contributed by atoms with Gasteiger partial charge in [-0.3, -0.25) is 0 Å². The molecule has 0 unspecified atom stereocenters. The fourth-order valence-electron chi connectivity index (χ4n) is 1.96. The Labute approximate surface area is 131 Å². The van der Waals surface area contributed by atoms with Crippen molar-refractivity contribution in [3.05, 3.63) is 41.5 Å². The first-order valence-corrected chi connectivity index (χ1v) is 6.56. The number of nitrogens with two attached hydrogens (primary N) is 1. The standard InChI is InChI=1S/C13H11F7N4/c14-11(15)24-10(12(16,17)13(18,19)20)22-9(23-24)6-5-7-3-1-2-4-8(7)21/h1-4,11H,5-6,21H2. The number of hydrogen-bond acceptors (Lipinski definition) is 3. The molecule has 2 N–H and O–H groups in total. The normalized spacial score (nSPS) is 12.8. The Balaban J connectivity index is 2.30. The molecule has 132 valence electrons. The Kier molecular flexibility index (Phi) is 4.72. The van der Waals surface area contributed by atoms with Crippen LogP contribution >= 0.6 is 0 Å². The minimum atomic E-state index is -6.06. The maximum atomic E-state index is 13.3. The number of aromatic nitrogens is 3. The van der Waals surface area contributed by atoms with E-state index in [2.05, 4.69) is 10.1 Å². The third-order valence-electron chi connectivity index (χ3n) is 3.17. The summed E-state index contributed by atoms with van der Waals surface area (Å²) in [4.78, 5) is 2.98. The van der Waals surface area contributed by atoms with Crippen LogP contribution in [0.25, 0.3) is 0 Å². The van der Waals surface area contributed by atoms with Gasteiger partial charge in [0.05, 0.1) is 0 Å². The Morgan fingerprint density at radius 2 is 1.67 bits per heavy atom. The smallest absolute Gasteiger partial charge is 0.399 e. The largest absolute Gasteiger partial charge is 0.461 e. The molecule has 2 aromatic rings. The number of para-hydroxylation sites is 1. The number of aryl methyl sites for hydroxylation is 2. The fourth-order valence-corrected chi connectivity index (χ4v) is 1.96. The molecule has 1 heterocycles.